The number of hydrogen-bond acceptors (Lipinski definition) is 4. The number of carbonyl (C=O) groups excluding carboxylic acids is 2. The number of hydrogen-bond donors (Lipinski definition) is 0. The molecule has 1 amide bonds. The molecule has 5 heteroatoms. The van der Waals surface area contributed by atoms with Crippen LogP contribution in [0.15, 0.2) is 16.7 Å². The van der Waals surface area contributed by atoms with E-state index in [0.717, 1.165) is 6.42 Å². The van der Waals surface area contributed by atoms with E-state index in [1.807, 2.05) is 6.92 Å². The molecule has 0 saturated carbocycles. The summed E-state index contributed by atoms with van der Waals surface area (Å²) < 4.78 is 9.99. The Morgan fingerprint density at radius 2 is 2.33 bits per heavy atom. The normalized spacial score (nSPS) is 19.0. The van der Waals surface area contributed by atoms with Crippen molar-refractivity contribution in [3.8, 4) is 0 Å². The highest BCUT2D eigenvalue weighted by Gasteiger charge is 2.36. The zero-order chi connectivity index (χ0) is 13.1. The molecule has 0 spiro atoms. The molecule has 1 aromatic rings. The molecular formula is C13H17NO4. The Bertz CT molecular complexity index is 452. The minimum Gasteiger partial charge on any atom is -0.469 e. The standard InChI is InChI=1S/C13H17NO4/c1-3-11-9(6-8-18-11)12(15)14-7-4-5-10(14)13(16)17-2/h6,8,10H,3-5,7H2,1-2H3. The first-order valence-corrected chi connectivity index (χ1v) is 6.14. The van der Waals surface area contributed by atoms with Crippen LogP contribution in [0.25, 0.3) is 0 Å². The van der Waals surface area contributed by atoms with Gasteiger partial charge in [0.15, 0.2) is 0 Å². The summed E-state index contributed by atoms with van der Waals surface area (Å²) in [4.78, 5) is 25.6. The fraction of sp³-hybridized carbons (Fsp3) is 0.538. The van der Waals surface area contributed by atoms with E-state index in [4.69, 9.17) is 9.15 Å². The van der Waals surface area contributed by atoms with Crippen molar-refractivity contribution in [1.29, 1.82) is 0 Å². The van der Waals surface area contributed by atoms with E-state index in [1.54, 1.807) is 11.0 Å². The average Bonchev–Trinajstić information content (AvgIpc) is 3.04. The molecule has 0 N–H and O–H groups in total. The van der Waals surface area contributed by atoms with Gasteiger partial charge in [-0.05, 0) is 18.9 Å². The third-order valence-corrected chi connectivity index (χ3v) is 3.28. The lowest BCUT2D eigenvalue weighted by molar-refractivity contribution is -0.145. The number of aryl methyl sites for hydroxylation is 1. The van der Waals surface area contributed by atoms with E-state index in [0.29, 0.717) is 30.7 Å². The van der Waals surface area contributed by atoms with Crippen LogP contribution < -0.4 is 0 Å². The van der Waals surface area contributed by atoms with Gasteiger partial charge in [-0.15, -0.1) is 0 Å². The average molecular weight is 251 g/mol. The lowest BCUT2D eigenvalue weighted by Gasteiger charge is -2.22. The van der Waals surface area contributed by atoms with Crippen LogP contribution in [0.5, 0.6) is 0 Å². The highest BCUT2D eigenvalue weighted by molar-refractivity contribution is 5.97. The summed E-state index contributed by atoms with van der Waals surface area (Å²) in [5.74, 6) is 0.173. The minimum absolute atomic E-state index is 0.145. The topological polar surface area (TPSA) is 59.8 Å². The molecule has 0 aromatic carbocycles. The molecule has 1 aromatic heterocycles. The lowest BCUT2D eigenvalue weighted by Crippen LogP contribution is -2.41. The minimum atomic E-state index is -0.456. The molecular weight excluding hydrogens is 234 g/mol. The number of furan rings is 1. The van der Waals surface area contributed by atoms with Crippen LogP contribution in [-0.2, 0) is 16.0 Å². The van der Waals surface area contributed by atoms with Crippen LogP contribution >= 0.6 is 0 Å². The SMILES string of the molecule is CCc1occc1C(=O)N1CCCC1C(=O)OC. The molecule has 18 heavy (non-hydrogen) atoms. The maximum absolute atomic E-state index is 12.4. The summed E-state index contributed by atoms with van der Waals surface area (Å²) >= 11 is 0. The molecule has 0 bridgehead atoms. The van der Waals surface area contributed by atoms with Gasteiger partial charge in [0, 0.05) is 13.0 Å². The van der Waals surface area contributed by atoms with Crippen molar-refractivity contribution in [2.24, 2.45) is 0 Å². The Hall–Kier alpha value is -1.78. The molecule has 0 radical (unpaired) electrons. The molecule has 2 heterocycles. The Kier molecular flexibility index (Phi) is 3.69. The van der Waals surface area contributed by atoms with Crippen LogP contribution in [0.2, 0.25) is 0 Å². The second-order valence-electron chi connectivity index (χ2n) is 4.29. The van der Waals surface area contributed by atoms with E-state index in [9.17, 15) is 9.59 Å². The number of likely N-dealkylation sites (tertiary alicyclic amines) is 1. The van der Waals surface area contributed by atoms with Crippen LogP contribution in [0.3, 0.4) is 0 Å². The van der Waals surface area contributed by atoms with Crippen molar-refractivity contribution in [2.45, 2.75) is 32.2 Å². The van der Waals surface area contributed by atoms with Crippen LogP contribution in [0.4, 0.5) is 0 Å². The molecule has 98 valence electrons. The van der Waals surface area contributed by atoms with Gasteiger partial charge in [-0.2, -0.15) is 0 Å². The third kappa shape index (κ3) is 2.12. The molecule has 0 aliphatic carbocycles. The molecule has 1 atom stereocenters. The molecule has 1 aliphatic heterocycles. The predicted octanol–water partition coefficient (Wildman–Crippen LogP) is 1.62. The quantitative estimate of drug-likeness (QED) is 0.766. The Labute approximate surface area is 106 Å². The van der Waals surface area contributed by atoms with Gasteiger partial charge in [0.1, 0.15) is 11.8 Å². The van der Waals surface area contributed by atoms with E-state index in [1.165, 1.54) is 13.4 Å². The summed E-state index contributed by atoms with van der Waals surface area (Å²) in [6.45, 7) is 2.52. The number of nitrogens with zero attached hydrogens (tertiary/aromatic N) is 1. The number of ether oxygens (including phenoxy) is 1. The summed E-state index contributed by atoms with van der Waals surface area (Å²) in [6.07, 6.45) is 3.66. The first kappa shape index (κ1) is 12.7. The molecule has 2 rings (SSSR count). The number of methoxy groups -OCH3 is 1. The van der Waals surface area contributed by atoms with E-state index >= 15 is 0 Å². The van der Waals surface area contributed by atoms with Crippen molar-refractivity contribution in [2.75, 3.05) is 13.7 Å². The van der Waals surface area contributed by atoms with Crippen molar-refractivity contribution in [1.82, 2.24) is 4.90 Å². The Morgan fingerprint density at radius 1 is 1.56 bits per heavy atom. The third-order valence-electron chi connectivity index (χ3n) is 3.28. The molecule has 1 saturated heterocycles. The predicted molar refractivity (Wildman–Crippen MR) is 64.2 cm³/mol. The largest absolute Gasteiger partial charge is 0.469 e. The number of rotatable bonds is 3. The van der Waals surface area contributed by atoms with Gasteiger partial charge in [-0.3, -0.25) is 4.79 Å². The van der Waals surface area contributed by atoms with E-state index < -0.39 is 6.04 Å². The van der Waals surface area contributed by atoms with Crippen LogP contribution in [0.1, 0.15) is 35.9 Å². The van der Waals surface area contributed by atoms with Crippen molar-refractivity contribution >= 4 is 11.9 Å². The zero-order valence-corrected chi connectivity index (χ0v) is 10.6. The van der Waals surface area contributed by atoms with Gasteiger partial charge in [-0.1, -0.05) is 6.92 Å². The van der Waals surface area contributed by atoms with Gasteiger partial charge in [0.05, 0.1) is 18.9 Å². The fourth-order valence-electron chi connectivity index (χ4n) is 2.35. The molecule has 1 aliphatic rings. The highest BCUT2D eigenvalue weighted by Crippen LogP contribution is 2.23. The lowest BCUT2D eigenvalue weighted by atomic mass is 10.1. The first-order chi connectivity index (χ1) is 8.69. The maximum atomic E-state index is 12.4. The van der Waals surface area contributed by atoms with Crippen molar-refractivity contribution in [3.63, 3.8) is 0 Å². The molecule has 1 fully saturated rings. The maximum Gasteiger partial charge on any atom is 0.328 e. The first-order valence-electron chi connectivity index (χ1n) is 6.14. The smallest absolute Gasteiger partial charge is 0.328 e. The fourth-order valence-corrected chi connectivity index (χ4v) is 2.35. The molecule has 1 unspecified atom stereocenters. The van der Waals surface area contributed by atoms with Crippen molar-refractivity contribution < 1.29 is 18.7 Å². The van der Waals surface area contributed by atoms with Crippen LogP contribution in [-0.4, -0.2) is 36.5 Å². The zero-order valence-electron chi connectivity index (χ0n) is 10.6. The molecule has 5 nitrogen and oxygen atoms in total. The second kappa shape index (κ2) is 5.25. The number of carbonyl (C=O) groups is 2. The van der Waals surface area contributed by atoms with Crippen LogP contribution in [0, 0.1) is 0 Å². The summed E-state index contributed by atoms with van der Waals surface area (Å²) in [7, 11) is 1.35. The van der Waals surface area contributed by atoms with Gasteiger partial charge >= 0.3 is 5.97 Å². The Morgan fingerprint density at radius 3 is 3.00 bits per heavy atom. The number of esters is 1. The van der Waals surface area contributed by atoms with E-state index in [-0.39, 0.29) is 11.9 Å². The summed E-state index contributed by atoms with van der Waals surface area (Å²) in [5.41, 5.74) is 0.549. The second-order valence-corrected chi connectivity index (χ2v) is 4.29. The van der Waals surface area contributed by atoms with Crippen molar-refractivity contribution in [3.05, 3.63) is 23.7 Å². The van der Waals surface area contributed by atoms with Gasteiger partial charge in [0.25, 0.3) is 5.91 Å². The highest BCUT2D eigenvalue weighted by atomic mass is 16.5. The van der Waals surface area contributed by atoms with Gasteiger partial charge < -0.3 is 14.1 Å². The number of amides is 1. The van der Waals surface area contributed by atoms with E-state index in [2.05, 4.69) is 0 Å². The summed E-state index contributed by atoms with van der Waals surface area (Å²) in [6, 6.07) is 1.20. The Balaban J connectivity index is 2.20. The summed E-state index contributed by atoms with van der Waals surface area (Å²) in [5, 5.41) is 0. The van der Waals surface area contributed by atoms with Gasteiger partial charge in [-0.25, -0.2) is 4.79 Å². The van der Waals surface area contributed by atoms with Gasteiger partial charge in [0.2, 0.25) is 0 Å². The monoisotopic (exact) mass is 251 g/mol.